The van der Waals surface area contributed by atoms with E-state index in [9.17, 15) is 8.42 Å². The minimum absolute atomic E-state index is 0.261. The van der Waals surface area contributed by atoms with Gasteiger partial charge in [-0.05, 0) is 0 Å². The second kappa shape index (κ2) is 5.64. The van der Waals surface area contributed by atoms with E-state index >= 15 is 0 Å². The molecule has 0 bridgehead atoms. The molecule has 2 nitrogen and oxygen atoms in total. The second-order valence-corrected chi connectivity index (χ2v) is 6.16. The van der Waals surface area contributed by atoms with Crippen molar-refractivity contribution in [2.75, 3.05) is 0 Å². The van der Waals surface area contributed by atoms with Crippen molar-refractivity contribution in [2.45, 2.75) is 11.8 Å². The van der Waals surface area contributed by atoms with Gasteiger partial charge in [-0.3, -0.25) is 0 Å². The zero-order valence-corrected chi connectivity index (χ0v) is 11.1. The van der Waals surface area contributed by atoms with E-state index in [1.807, 2.05) is 0 Å². The van der Waals surface area contributed by atoms with Gasteiger partial charge < -0.3 is 0 Å². The third-order valence-electron chi connectivity index (χ3n) is 1.99. The van der Waals surface area contributed by atoms with E-state index in [1.165, 1.54) is 25.8 Å². The first kappa shape index (κ1) is 13.5. The van der Waals surface area contributed by atoms with E-state index in [0.29, 0.717) is 0 Å². The molecule has 1 rings (SSSR count). The molecular weight excluding hydrogens is 286 g/mol. The Kier molecular flexibility index (Phi) is 4.74. The third kappa shape index (κ3) is 3.19. The Balaban J connectivity index is 3.17. The summed E-state index contributed by atoms with van der Waals surface area (Å²) in [5.41, 5.74) is 0. The molecular formula is C10H9B2BrO2S. The maximum atomic E-state index is 12.0. The molecule has 0 aliphatic carbocycles. The van der Waals surface area contributed by atoms with E-state index < -0.39 is 9.84 Å². The molecule has 80 valence electrons. The van der Waals surface area contributed by atoms with Crippen LogP contribution in [0.4, 0.5) is 0 Å². The van der Waals surface area contributed by atoms with Crippen molar-refractivity contribution in [3.8, 4) is 0 Å². The number of sulfone groups is 1. The molecule has 0 N–H and O–H groups in total. The Morgan fingerprint density at radius 3 is 2.44 bits per heavy atom. The van der Waals surface area contributed by atoms with E-state index in [4.69, 9.17) is 7.74 Å². The van der Waals surface area contributed by atoms with Crippen molar-refractivity contribution in [1.82, 2.24) is 0 Å². The predicted octanol–water partition coefficient (Wildman–Crippen LogP) is 1.72. The van der Waals surface area contributed by atoms with Gasteiger partial charge in [-0.25, -0.2) is 0 Å². The zero-order valence-electron chi connectivity index (χ0n) is 8.72. The molecule has 0 amide bonds. The molecule has 0 heterocycles. The van der Waals surface area contributed by atoms with Crippen molar-refractivity contribution >= 4 is 46.3 Å². The Labute approximate surface area is 106 Å². The molecule has 0 aromatic heterocycles. The summed E-state index contributed by atoms with van der Waals surface area (Å²) < 4.78 is 24.8. The molecule has 0 fully saturated rings. The summed E-state index contributed by atoms with van der Waals surface area (Å²) in [6.07, 6.45) is 1.47. The first-order valence-electron chi connectivity index (χ1n) is 4.54. The predicted molar refractivity (Wildman–Crippen MR) is 72.7 cm³/mol. The fourth-order valence-electron chi connectivity index (χ4n) is 1.08. The number of hydrogen-bond acceptors (Lipinski definition) is 2. The van der Waals surface area contributed by atoms with E-state index in [2.05, 4.69) is 15.9 Å². The third-order valence-corrected chi connectivity index (χ3v) is 4.40. The second-order valence-electron chi connectivity index (χ2n) is 3.12. The average Bonchev–Trinajstić information content (AvgIpc) is 2.26. The molecule has 0 aliphatic rings. The summed E-state index contributed by atoms with van der Waals surface area (Å²) in [5.74, 6) is 1.49. The Morgan fingerprint density at radius 1 is 1.38 bits per heavy atom. The van der Waals surface area contributed by atoms with Gasteiger partial charge in [0.2, 0.25) is 0 Å². The Hall–Kier alpha value is -0.610. The van der Waals surface area contributed by atoms with Gasteiger partial charge >= 0.3 is 106 Å². The summed E-state index contributed by atoms with van der Waals surface area (Å²) >= 11 is 3.25. The van der Waals surface area contributed by atoms with Gasteiger partial charge in [-0.15, -0.1) is 0 Å². The molecule has 2 radical (unpaired) electrons. The minimum atomic E-state index is -3.39. The van der Waals surface area contributed by atoms with Crippen LogP contribution in [0.25, 0.3) is 0 Å². The summed E-state index contributed by atoms with van der Waals surface area (Å²) in [7, 11) is 1.76. The number of halogens is 1. The monoisotopic (exact) mass is 294 g/mol. The average molecular weight is 295 g/mol. The molecule has 0 saturated carbocycles. The molecule has 0 aliphatic heterocycles. The summed E-state index contributed by atoms with van der Waals surface area (Å²) in [5, 5.41) is 0. The van der Waals surface area contributed by atoms with Crippen LogP contribution in [0.5, 0.6) is 0 Å². The van der Waals surface area contributed by atoms with Crippen LogP contribution < -0.4 is 0 Å². The van der Waals surface area contributed by atoms with E-state index in [1.54, 1.807) is 24.3 Å². The van der Waals surface area contributed by atoms with Crippen LogP contribution in [0.3, 0.4) is 0 Å². The standard InChI is InChI=1S/C10H9B2BrO2S/c1-8(6-7-12-11)16(14,15)10-4-2-9(13)3-5-10/h2-7H,1H3/b8-6-. The van der Waals surface area contributed by atoms with Gasteiger partial charge in [-0.1, -0.05) is 0 Å². The number of allylic oxidation sites excluding steroid dienone is 2. The van der Waals surface area contributed by atoms with Crippen LogP contribution in [-0.2, 0) is 9.84 Å². The maximum absolute atomic E-state index is 12.0. The van der Waals surface area contributed by atoms with Crippen LogP contribution in [0.1, 0.15) is 6.92 Å². The molecule has 0 unspecified atom stereocenters. The van der Waals surface area contributed by atoms with Gasteiger partial charge in [0, 0.05) is 0 Å². The molecule has 0 spiro atoms. The first-order valence-corrected chi connectivity index (χ1v) is 6.82. The molecule has 1 aromatic rings. The number of benzene rings is 1. The topological polar surface area (TPSA) is 34.1 Å². The van der Waals surface area contributed by atoms with Gasteiger partial charge in [0.25, 0.3) is 0 Å². The SMILES string of the molecule is [B]B=C/C=C(/C)S(=O)(=O)c1ccc(Br)cc1. The van der Waals surface area contributed by atoms with Crippen molar-refractivity contribution in [3.63, 3.8) is 0 Å². The summed E-state index contributed by atoms with van der Waals surface area (Å²) in [4.78, 5) is 0.534. The van der Waals surface area contributed by atoms with Crippen LogP contribution in [-0.4, -0.2) is 28.9 Å². The van der Waals surface area contributed by atoms with Gasteiger partial charge in [-0.2, -0.15) is 0 Å². The Bertz CT molecular complexity index is 518. The van der Waals surface area contributed by atoms with Crippen molar-refractivity contribution < 1.29 is 8.42 Å². The Morgan fingerprint density at radius 2 is 1.94 bits per heavy atom. The van der Waals surface area contributed by atoms with Crippen molar-refractivity contribution in [2.24, 2.45) is 0 Å². The van der Waals surface area contributed by atoms with Gasteiger partial charge in [0.05, 0.1) is 0 Å². The molecule has 0 saturated heterocycles. The van der Waals surface area contributed by atoms with Crippen LogP contribution in [0.2, 0.25) is 0 Å². The number of rotatable bonds is 3. The van der Waals surface area contributed by atoms with Crippen LogP contribution in [0, 0.1) is 0 Å². The van der Waals surface area contributed by atoms with E-state index in [-0.39, 0.29) is 9.80 Å². The van der Waals surface area contributed by atoms with Crippen molar-refractivity contribution in [3.05, 3.63) is 39.7 Å². The number of hydrogen-bond donors (Lipinski definition) is 0. The van der Waals surface area contributed by atoms with Crippen molar-refractivity contribution in [1.29, 1.82) is 0 Å². The fourth-order valence-corrected chi connectivity index (χ4v) is 2.47. The molecule has 0 atom stereocenters. The summed E-state index contributed by atoms with van der Waals surface area (Å²) in [6.45, 7) is 2.83. The van der Waals surface area contributed by atoms with E-state index in [0.717, 1.165) is 4.47 Å². The molecule has 6 heteroatoms. The van der Waals surface area contributed by atoms with Crippen LogP contribution >= 0.6 is 15.9 Å². The first-order chi connectivity index (χ1) is 7.48. The molecule has 16 heavy (non-hydrogen) atoms. The molecule has 1 aromatic carbocycles. The zero-order chi connectivity index (χ0) is 12.2. The van der Waals surface area contributed by atoms with Crippen LogP contribution in [0.15, 0.2) is 44.6 Å². The van der Waals surface area contributed by atoms with Gasteiger partial charge in [0.15, 0.2) is 0 Å². The normalized spacial score (nSPS) is 12.8. The summed E-state index contributed by atoms with van der Waals surface area (Å²) in [6, 6.07) is 6.50. The van der Waals surface area contributed by atoms with Gasteiger partial charge in [0.1, 0.15) is 0 Å². The quantitative estimate of drug-likeness (QED) is 0.796. The fraction of sp³-hybridized carbons (Fsp3) is 0.100.